The Morgan fingerprint density at radius 2 is 1.94 bits per heavy atom. The molecule has 8 heteroatoms. The average molecular weight is 473 g/mol. The van der Waals surface area contributed by atoms with Gasteiger partial charge in [0, 0.05) is 23.8 Å². The van der Waals surface area contributed by atoms with E-state index in [2.05, 4.69) is 27.4 Å². The second-order valence-electron chi connectivity index (χ2n) is 9.29. The van der Waals surface area contributed by atoms with Crippen molar-refractivity contribution in [1.82, 2.24) is 19.9 Å². The van der Waals surface area contributed by atoms with E-state index in [4.69, 9.17) is 9.26 Å². The Kier molecular flexibility index (Phi) is 5.98. The molecule has 0 amide bonds. The molecule has 4 aromatic rings. The number of hydrogen-bond donors (Lipinski definition) is 1. The zero-order valence-corrected chi connectivity index (χ0v) is 20.1. The maximum Gasteiger partial charge on any atom is 0.335 e. The highest BCUT2D eigenvalue weighted by molar-refractivity contribution is 5.89. The van der Waals surface area contributed by atoms with Crippen LogP contribution in [0.4, 0.5) is 0 Å². The molecule has 180 valence electrons. The van der Waals surface area contributed by atoms with Crippen LogP contribution in [0.1, 0.15) is 52.0 Å². The van der Waals surface area contributed by atoms with Crippen LogP contribution in [0, 0.1) is 13.8 Å². The van der Waals surface area contributed by atoms with E-state index in [-0.39, 0.29) is 5.41 Å². The number of carboxylic acids is 1. The number of methoxy groups -OCH3 is 1. The lowest BCUT2D eigenvalue weighted by molar-refractivity contribution is 0.0696. The van der Waals surface area contributed by atoms with E-state index in [9.17, 15) is 9.90 Å². The monoisotopic (exact) mass is 472 g/mol. The van der Waals surface area contributed by atoms with Crippen molar-refractivity contribution in [2.24, 2.45) is 0 Å². The summed E-state index contributed by atoms with van der Waals surface area (Å²) in [7, 11) is 1.76. The SMILES string of the molecule is COCC1(c2ccc(-c3noc(-c4cc(C)n(Cc5cccc(C(=O)O)c5C)n4)n3)cc2)CCC1. The van der Waals surface area contributed by atoms with Gasteiger partial charge in [-0.2, -0.15) is 10.1 Å². The minimum absolute atomic E-state index is 0.127. The standard InChI is InChI=1S/C27H28N4O4/c1-17-14-23(29-31(17)15-20-6-4-7-22(18(20)2)26(32)33)25-28-24(30-35-25)19-8-10-21(11-9-19)27(16-34-3)12-5-13-27/h4,6-11,14H,5,12-13,15-16H2,1-3H3,(H,32,33). The zero-order chi connectivity index (χ0) is 24.6. The van der Waals surface area contributed by atoms with Crippen LogP contribution < -0.4 is 0 Å². The maximum atomic E-state index is 11.5. The third kappa shape index (κ3) is 4.25. The molecule has 1 N–H and O–H groups in total. The van der Waals surface area contributed by atoms with Gasteiger partial charge in [-0.3, -0.25) is 4.68 Å². The molecule has 1 aliphatic rings. The van der Waals surface area contributed by atoms with Crippen LogP contribution in [-0.4, -0.2) is 44.7 Å². The minimum atomic E-state index is -0.935. The fourth-order valence-electron chi connectivity index (χ4n) is 4.84. The van der Waals surface area contributed by atoms with Crippen molar-refractivity contribution >= 4 is 5.97 Å². The van der Waals surface area contributed by atoms with Gasteiger partial charge in [-0.15, -0.1) is 0 Å². The Labute approximate surface area is 203 Å². The lowest BCUT2D eigenvalue weighted by Crippen LogP contribution is -2.38. The van der Waals surface area contributed by atoms with Crippen molar-refractivity contribution in [2.75, 3.05) is 13.7 Å². The lowest BCUT2D eigenvalue weighted by Gasteiger charge is -2.42. The predicted octanol–water partition coefficient (Wildman–Crippen LogP) is 5.03. The second kappa shape index (κ2) is 9.11. The van der Waals surface area contributed by atoms with Crippen LogP contribution in [0.5, 0.6) is 0 Å². The summed E-state index contributed by atoms with van der Waals surface area (Å²) < 4.78 is 12.8. The highest BCUT2D eigenvalue weighted by atomic mass is 16.5. The summed E-state index contributed by atoms with van der Waals surface area (Å²) >= 11 is 0. The largest absolute Gasteiger partial charge is 0.478 e. The quantitative estimate of drug-likeness (QED) is 0.383. The molecule has 2 aromatic carbocycles. The summed E-state index contributed by atoms with van der Waals surface area (Å²) in [6.07, 6.45) is 3.53. The number of hydrogen-bond acceptors (Lipinski definition) is 6. The molecule has 0 spiro atoms. The highest BCUT2D eigenvalue weighted by Gasteiger charge is 2.38. The van der Waals surface area contributed by atoms with E-state index >= 15 is 0 Å². The number of ether oxygens (including phenoxy) is 1. The van der Waals surface area contributed by atoms with Gasteiger partial charge in [0.25, 0.3) is 5.89 Å². The number of aryl methyl sites for hydroxylation is 1. The number of aromatic nitrogens is 4. The summed E-state index contributed by atoms with van der Waals surface area (Å²) in [5.41, 5.74) is 5.71. The molecule has 35 heavy (non-hydrogen) atoms. The zero-order valence-electron chi connectivity index (χ0n) is 20.1. The van der Waals surface area contributed by atoms with Crippen molar-refractivity contribution in [2.45, 2.75) is 45.1 Å². The molecular formula is C27H28N4O4. The van der Waals surface area contributed by atoms with Crippen molar-refractivity contribution in [3.05, 3.63) is 76.5 Å². The summed E-state index contributed by atoms with van der Waals surface area (Å²) in [6.45, 7) is 4.95. The molecular weight excluding hydrogens is 444 g/mol. The summed E-state index contributed by atoms with van der Waals surface area (Å²) in [6, 6.07) is 15.5. The normalized spacial score (nSPS) is 14.6. The van der Waals surface area contributed by atoms with Gasteiger partial charge in [-0.1, -0.05) is 48.0 Å². The van der Waals surface area contributed by atoms with Crippen LogP contribution in [0.2, 0.25) is 0 Å². The Morgan fingerprint density at radius 1 is 1.17 bits per heavy atom. The van der Waals surface area contributed by atoms with Gasteiger partial charge in [0.1, 0.15) is 0 Å². The highest BCUT2D eigenvalue weighted by Crippen LogP contribution is 2.44. The van der Waals surface area contributed by atoms with Crippen molar-refractivity contribution in [1.29, 1.82) is 0 Å². The molecule has 0 unspecified atom stereocenters. The Bertz CT molecular complexity index is 1370. The van der Waals surface area contributed by atoms with Crippen molar-refractivity contribution < 1.29 is 19.2 Å². The van der Waals surface area contributed by atoms with E-state index in [1.165, 1.54) is 12.0 Å². The fraction of sp³-hybridized carbons (Fsp3) is 0.333. The average Bonchev–Trinajstić information content (AvgIpc) is 3.45. The molecule has 0 aliphatic heterocycles. The second-order valence-corrected chi connectivity index (χ2v) is 9.29. The van der Waals surface area contributed by atoms with E-state index in [0.717, 1.165) is 41.8 Å². The number of nitrogens with zero attached hydrogens (tertiary/aromatic N) is 4. The number of rotatable bonds is 8. The molecule has 1 saturated carbocycles. The third-order valence-corrected chi connectivity index (χ3v) is 7.11. The molecule has 2 heterocycles. The van der Waals surface area contributed by atoms with Gasteiger partial charge >= 0.3 is 5.97 Å². The number of carboxylic acid groups (broad SMARTS) is 1. The first-order chi connectivity index (χ1) is 16.9. The fourth-order valence-corrected chi connectivity index (χ4v) is 4.84. The summed E-state index contributed by atoms with van der Waals surface area (Å²) in [4.78, 5) is 16.0. The van der Waals surface area contributed by atoms with Crippen molar-refractivity contribution in [3.63, 3.8) is 0 Å². The van der Waals surface area contributed by atoms with Crippen LogP contribution in [0.25, 0.3) is 23.0 Å². The predicted molar refractivity (Wildman–Crippen MR) is 130 cm³/mol. The first-order valence-corrected chi connectivity index (χ1v) is 11.7. The van der Waals surface area contributed by atoms with Crippen molar-refractivity contribution in [3.8, 4) is 23.0 Å². The van der Waals surface area contributed by atoms with Gasteiger partial charge in [0.05, 0.1) is 18.7 Å². The van der Waals surface area contributed by atoms with Crippen LogP contribution in [0.15, 0.2) is 53.1 Å². The number of benzene rings is 2. The maximum absolute atomic E-state index is 11.5. The molecule has 1 aliphatic carbocycles. The molecule has 1 fully saturated rings. The van der Waals surface area contributed by atoms with E-state index in [1.807, 2.05) is 42.8 Å². The third-order valence-electron chi connectivity index (χ3n) is 7.11. The molecule has 2 aromatic heterocycles. The number of carbonyl (C=O) groups is 1. The Morgan fingerprint density at radius 3 is 2.60 bits per heavy atom. The molecule has 5 rings (SSSR count). The van der Waals surface area contributed by atoms with Gasteiger partial charge in [-0.25, -0.2) is 4.79 Å². The smallest absolute Gasteiger partial charge is 0.335 e. The van der Waals surface area contributed by atoms with Gasteiger partial charge in [0.2, 0.25) is 5.82 Å². The number of aromatic carboxylic acids is 1. The molecule has 0 atom stereocenters. The summed E-state index contributed by atoms with van der Waals surface area (Å²) in [5.74, 6) is -0.0786. The first kappa shape index (κ1) is 23.0. The Balaban J connectivity index is 1.36. The summed E-state index contributed by atoms with van der Waals surface area (Å²) in [5, 5.41) is 18.2. The molecule has 0 bridgehead atoms. The van der Waals surface area contributed by atoms with E-state index in [0.29, 0.717) is 29.5 Å². The lowest BCUT2D eigenvalue weighted by atomic mass is 9.65. The van der Waals surface area contributed by atoms with Crippen LogP contribution in [-0.2, 0) is 16.7 Å². The van der Waals surface area contributed by atoms with Gasteiger partial charge in [0.15, 0.2) is 5.69 Å². The topological polar surface area (TPSA) is 103 Å². The van der Waals surface area contributed by atoms with E-state index < -0.39 is 5.97 Å². The van der Waals surface area contributed by atoms with Crippen LogP contribution >= 0.6 is 0 Å². The molecule has 0 radical (unpaired) electrons. The molecule has 0 saturated heterocycles. The van der Waals surface area contributed by atoms with Crippen LogP contribution in [0.3, 0.4) is 0 Å². The minimum Gasteiger partial charge on any atom is -0.478 e. The van der Waals surface area contributed by atoms with E-state index in [1.54, 1.807) is 19.2 Å². The van der Waals surface area contributed by atoms with Gasteiger partial charge in [-0.05, 0) is 55.5 Å². The molecule has 8 nitrogen and oxygen atoms in total. The van der Waals surface area contributed by atoms with Gasteiger partial charge < -0.3 is 14.4 Å². The first-order valence-electron chi connectivity index (χ1n) is 11.7. The Hall–Kier alpha value is -3.78.